The summed E-state index contributed by atoms with van der Waals surface area (Å²) in [6, 6.07) is 6.01. The van der Waals surface area contributed by atoms with Gasteiger partial charge in [0.1, 0.15) is 5.41 Å². The lowest BCUT2D eigenvalue weighted by Gasteiger charge is -2.28. The van der Waals surface area contributed by atoms with E-state index < -0.39 is 5.41 Å². The first-order valence-corrected chi connectivity index (χ1v) is 8.68. The van der Waals surface area contributed by atoms with Gasteiger partial charge in [0.15, 0.2) is 11.5 Å². The van der Waals surface area contributed by atoms with Crippen LogP contribution in [0, 0.1) is 23.7 Å². The fourth-order valence-corrected chi connectivity index (χ4v) is 3.16. The van der Waals surface area contributed by atoms with Crippen LogP contribution in [0.5, 0.6) is 0 Å². The molecule has 8 heteroatoms. The van der Waals surface area contributed by atoms with Crippen LogP contribution in [0.15, 0.2) is 36.9 Å². The number of nitriles is 1. The van der Waals surface area contributed by atoms with Crippen molar-refractivity contribution in [1.29, 1.82) is 5.26 Å². The quantitative estimate of drug-likeness (QED) is 0.767. The number of aromatic nitrogens is 4. The van der Waals surface area contributed by atoms with Crippen molar-refractivity contribution in [3.63, 3.8) is 0 Å². The zero-order valence-corrected chi connectivity index (χ0v) is 14.8. The first-order chi connectivity index (χ1) is 13.1. The SMILES string of the molecule is Cc1cc(-c2cn3cc(NC(=O)C4(C#N)CCOCC4)nc3cn2)ccn1. The minimum atomic E-state index is -1.06. The van der Waals surface area contributed by atoms with Gasteiger partial charge in [-0.2, -0.15) is 5.26 Å². The number of aryl methyl sites for hydroxylation is 1. The average Bonchev–Trinajstić information content (AvgIpc) is 3.09. The van der Waals surface area contributed by atoms with E-state index in [0.29, 0.717) is 37.5 Å². The lowest BCUT2D eigenvalue weighted by molar-refractivity contribution is -0.126. The molecule has 0 saturated carbocycles. The molecule has 0 aromatic carbocycles. The second-order valence-electron chi connectivity index (χ2n) is 6.61. The van der Waals surface area contributed by atoms with Crippen molar-refractivity contribution in [1.82, 2.24) is 19.4 Å². The van der Waals surface area contributed by atoms with Crippen molar-refractivity contribution in [3.05, 3.63) is 42.6 Å². The van der Waals surface area contributed by atoms with E-state index in [1.165, 1.54) is 0 Å². The number of imidazole rings is 1. The summed E-state index contributed by atoms with van der Waals surface area (Å²) in [5, 5.41) is 12.3. The fourth-order valence-electron chi connectivity index (χ4n) is 3.16. The van der Waals surface area contributed by atoms with Gasteiger partial charge >= 0.3 is 0 Å². The number of hydrogen-bond acceptors (Lipinski definition) is 6. The molecule has 4 rings (SSSR count). The number of carbonyl (C=O) groups excluding carboxylic acids is 1. The molecule has 0 spiro atoms. The molecule has 0 unspecified atom stereocenters. The third kappa shape index (κ3) is 3.25. The number of anilines is 1. The molecule has 0 bridgehead atoms. The molecule has 27 heavy (non-hydrogen) atoms. The Balaban J connectivity index is 1.60. The average molecular weight is 362 g/mol. The number of amides is 1. The monoisotopic (exact) mass is 362 g/mol. The smallest absolute Gasteiger partial charge is 0.246 e. The van der Waals surface area contributed by atoms with E-state index >= 15 is 0 Å². The maximum absolute atomic E-state index is 12.7. The molecule has 4 heterocycles. The summed E-state index contributed by atoms with van der Waals surface area (Å²) >= 11 is 0. The minimum Gasteiger partial charge on any atom is -0.381 e. The van der Waals surface area contributed by atoms with Gasteiger partial charge in [0.25, 0.3) is 0 Å². The standard InChI is InChI=1S/C19H18N6O2/c1-13-8-14(2-5-21-13)15-10-25-11-16(23-17(25)9-22-15)24-18(26)19(12-20)3-6-27-7-4-19/h2,5,8-11H,3-4,6-7H2,1H3,(H,24,26). The lowest BCUT2D eigenvalue weighted by atomic mass is 9.81. The summed E-state index contributed by atoms with van der Waals surface area (Å²) in [7, 11) is 0. The van der Waals surface area contributed by atoms with Gasteiger partial charge in [-0.25, -0.2) is 4.98 Å². The number of rotatable bonds is 3. The Kier molecular flexibility index (Phi) is 4.30. The topological polar surface area (TPSA) is 105 Å². The van der Waals surface area contributed by atoms with Gasteiger partial charge in [-0.05, 0) is 31.9 Å². The Morgan fingerprint density at radius 3 is 2.89 bits per heavy atom. The van der Waals surface area contributed by atoms with E-state index in [-0.39, 0.29) is 5.91 Å². The zero-order valence-electron chi connectivity index (χ0n) is 14.8. The van der Waals surface area contributed by atoms with Crippen LogP contribution in [-0.2, 0) is 9.53 Å². The Hall–Kier alpha value is -3.31. The molecule has 0 atom stereocenters. The van der Waals surface area contributed by atoms with Gasteiger partial charge < -0.3 is 14.5 Å². The van der Waals surface area contributed by atoms with Gasteiger partial charge in [-0.3, -0.25) is 14.8 Å². The third-order valence-corrected chi connectivity index (χ3v) is 4.77. The van der Waals surface area contributed by atoms with E-state index in [4.69, 9.17) is 4.74 Å². The molecular formula is C19H18N6O2. The maximum atomic E-state index is 12.7. The Morgan fingerprint density at radius 2 is 2.15 bits per heavy atom. The molecule has 1 saturated heterocycles. The highest BCUT2D eigenvalue weighted by Crippen LogP contribution is 2.31. The number of carbonyl (C=O) groups is 1. The van der Waals surface area contributed by atoms with E-state index in [1.807, 2.05) is 25.3 Å². The summed E-state index contributed by atoms with van der Waals surface area (Å²) in [6.07, 6.45) is 7.73. The van der Waals surface area contributed by atoms with Crippen molar-refractivity contribution < 1.29 is 9.53 Å². The van der Waals surface area contributed by atoms with Crippen molar-refractivity contribution in [2.75, 3.05) is 18.5 Å². The van der Waals surface area contributed by atoms with Crippen molar-refractivity contribution in [2.24, 2.45) is 5.41 Å². The lowest BCUT2D eigenvalue weighted by Crippen LogP contribution is -2.40. The van der Waals surface area contributed by atoms with Gasteiger partial charge in [-0.1, -0.05) is 0 Å². The van der Waals surface area contributed by atoms with Crippen molar-refractivity contribution >= 4 is 17.4 Å². The molecule has 8 nitrogen and oxygen atoms in total. The first kappa shape index (κ1) is 17.1. The van der Waals surface area contributed by atoms with E-state index in [2.05, 4.69) is 26.3 Å². The molecule has 3 aromatic rings. The van der Waals surface area contributed by atoms with Gasteiger partial charge in [0.2, 0.25) is 5.91 Å². The molecule has 1 aliphatic heterocycles. The van der Waals surface area contributed by atoms with Crippen molar-refractivity contribution in [3.8, 4) is 17.3 Å². The number of ether oxygens (including phenoxy) is 1. The van der Waals surface area contributed by atoms with Crippen LogP contribution < -0.4 is 5.32 Å². The third-order valence-electron chi connectivity index (χ3n) is 4.77. The van der Waals surface area contributed by atoms with Crippen molar-refractivity contribution in [2.45, 2.75) is 19.8 Å². The predicted molar refractivity (Wildman–Crippen MR) is 97.7 cm³/mol. The highest BCUT2D eigenvalue weighted by Gasteiger charge is 2.40. The molecule has 0 aliphatic carbocycles. The number of fused-ring (bicyclic) bond motifs is 1. The number of hydrogen-bond donors (Lipinski definition) is 1. The Bertz CT molecular complexity index is 1050. The highest BCUT2D eigenvalue weighted by atomic mass is 16.5. The normalized spacial score (nSPS) is 16.0. The van der Waals surface area contributed by atoms with Crippen LogP contribution in [0.1, 0.15) is 18.5 Å². The largest absolute Gasteiger partial charge is 0.381 e. The van der Waals surface area contributed by atoms with Crippen LogP contribution in [0.3, 0.4) is 0 Å². The maximum Gasteiger partial charge on any atom is 0.246 e. The fraction of sp³-hybridized carbons (Fsp3) is 0.316. The summed E-state index contributed by atoms with van der Waals surface area (Å²) in [4.78, 5) is 25.7. The second kappa shape index (κ2) is 6.78. The van der Waals surface area contributed by atoms with Gasteiger partial charge in [0, 0.05) is 36.9 Å². The van der Waals surface area contributed by atoms with E-state index in [0.717, 1.165) is 17.0 Å². The van der Waals surface area contributed by atoms with E-state index in [1.54, 1.807) is 23.0 Å². The first-order valence-electron chi connectivity index (χ1n) is 8.68. The highest BCUT2D eigenvalue weighted by molar-refractivity contribution is 5.96. The molecule has 1 aliphatic rings. The second-order valence-corrected chi connectivity index (χ2v) is 6.61. The Morgan fingerprint density at radius 1 is 1.33 bits per heavy atom. The molecule has 3 aromatic heterocycles. The number of nitrogens with one attached hydrogen (secondary N) is 1. The Labute approximate surface area is 155 Å². The van der Waals surface area contributed by atoms with E-state index in [9.17, 15) is 10.1 Å². The number of pyridine rings is 1. The molecule has 1 N–H and O–H groups in total. The van der Waals surface area contributed by atoms with Crippen LogP contribution >= 0.6 is 0 Å². The number of nitrogens with zero attached hydrogens (tertiary/aromatic N) is 5. The summed E-state index contributed by atoms with van der Waals surface area (Å²) in [5.74, 6) is 0.0561. The molecule has 0 radical (unpaired) electrons. The van der Waals surface area contributed by atoms with Gasteiger partial charge in [0.05, 0.1) is 24.2 Å². The molecule has 136 valence electrons. The summed E-state index contributed by atoms with van der Waals surface area (Å²) < 4.78 is 7.08. The van der Waals surface area contributed by atoms with Crippen LogP contribution in [0.2, 0.25) is 0 Å². The minimum absolute atomic E-state index is 0.338. The molecule has 1 fully saturated rings. The summed E-state index contributed by atoms with van der Waals surface area (Å²) in [5.41, 5.74) is 2.19. The summed E-state index contributed by atoms with van der Waals surface area (Å²) in [6.45, 7) is 2.74. The predicted octanol–water partition coefficient (Wildman–Crippen LogP) is 2.36. The molecule has 1 amide bonds. The molecular weight excluding hydrogens is 344 g/mol. The van der Waals surface area contributed by atoms with Gasteiger partial charge in [-0.15, -0.1) is 0 Å². The zero-order chi connectivity index (χ0) is 18.9. The van der Waals surface area contributed by atoms with Crippen LogP contribution in [-0.4, -0.2) is 38.5 Å². The van der Waals surface area contributed by atoms with Crippen LogP contribution in [0.4, 0.5) is 5.82 Å². The van der Waals surface area contributed by atoms with Crippen LogP contribution in [0.25, 0.3) is 16.9 Å².